The number of hydrogen-bond donors (Lipinski definition) is 2. The molecule has 2 aromatic carbocycles. The molecule has 0 saturated heterocycles. The third kappa shape index (κ3) is 3.91. The number of benzene rings is 2. The molecule has 0 atom stereocenters. The fourth-order valence-electron chi connectivity index (χ4n) is 1.46. The average Bonchev–Trinajstić information content (AvgIpc) is 2.42. The van der Waals surface area contributed by atoms with Gasteiger partial charge in [0, 0.05) is 10.0 Å². The van der Waals surface area contributed by atoms with Crippen LogP contribution >= 0.6 is 31.9 Å². The van der Waals surface area contributed by atoms with E-state index in [1.54, 1.807) is 36.4 Å². The Bertz CT molecular complexity index is 672. The zero-order valence-corrected chi connectivity index (χ0v) is 13.3. The SMILES string of the molecule is O=C(N/N=C/c1ccc(O)c(Br)c1)c1cccc(Br)c1. The highest BCUT2D eigenvalue weighted by Crippen LogP contribution is 2.23. The highest BCUT2D eigenvalue weighted by molar-refractivity contribution is 9.10. The third-order valence-electron chi connectivity index (χ3n) is 2.44. The molecule has 102 valence electrons. The molecule has 0 heterocycles. The minimum Gasteiger partial charge on any atom is -0.507 e. The van der Waals surface area contributed by atoms with Gasteiger partial charge in [-0.3, -0.25) is 4.79 Å². The normalized spacial score (nSPS) is 10.7. The minimum atomic E-state index is -0.291. The molecule has 2 rings (SSSR count). The summed E-state index contributed by atoms with van der Waals surface area (Å²) in [5, 5.41) is 13.2. The van der Waals surface area contributed by atoms with Gasteiger partial charge in [-0.25, -0.2) is 5.43 Å². The van der Waals surface area contributed by atoms with Crippen LogP contribution in [-0.2, 0) is 0 Å². The second-order valence-electron chi connectivity index (χ2n) is 3.92. The van der Waals surface area contributed by atoms with Gasteiger partial charge in [-0.05, 0) is 57.9 Å². The number of phenolic OH excluding ortho intramolecular Hbond substituents is 1. The lowest BCUT2D eigenvalue weighted by Gasteiger charge is -2.01. The summed E-state index contributed by atoms with van der Waals surface area (Å²) in [6.07, 6.45) is 1.50. The van der Waals surface area contributed by atoms with Crippen LogP contribution < -0.4 is 5.43 Å². The Balaban J connectivity index is 2.02. The van der Waals surface area contributed by atoms with Crippen molar-refractivity contribution in [1.82, 2.24) is 5.43 Å². The third-order valence-corrected chi connectivity index (χ3v) is 3.57. The van der Waals surface area contributed by atoms with Crippen LogP contribution in [0.15, 0.2) is 56.5 Å². The first-order valence-corrected chi connectivity index (χ1v) is 7.22. The molecule has 0 aliphatic heterocycles. The van der Waals surface area contributed by atoms with Gasteiger partial charge in [0.15, 0.2) is 0 Å². The number of phenols is 1. The molecule has 0 bridgehead atoms. The summed E-state index contributed by atoms with van der Waals surface area (Å²) < 4.78 is 1.40. The summed E-state index contributed by atoms with van der Waals surface area (Å²) in [6, 6.07) is 12.0. The van der Waals surface area contributed by atoms with Gasteiger partial charge in [0.1, 0.15) is 5.75 Å². The van der Waals surface area contributed by atoms with E-state index in [-0.39, 0.29) is 11.7 Å². The van der Waals surface area contributed by atoms with Crippen LogP contribution in [0.2, 0.25) is 0 Å². The molecule has 6 heteroatoms. The van der Waals surface area contributed by atoms with E-state index in [0.717, 1.165) is 10.0 Å². The largest absolute Gasteiger partial charge is 0.507 e. The Morgan fingerprint density at radius 1 is 1.20 bits per heavy atom. The molecular weight excluding hydrogens is 388 g/mol. The van der Waals surface area contributed by atoms with Crippen molar-refractivity contribution in [3.8, 4) is 5.75 Å². The van der Waals surface area contributed by atoms with E-state index in [1.807, 2.05) is 6.07 Å². The van der Waals surface area contributed by atoms with E-state index in [1.165, 1.54) is 6.21 Å². The lowest BCUT2D eigenvalue weighted by Crippen LogP contribution is -2.17. The predicted molar refractivity (Wildman–Crippen MR) is 85.0 cm³/mol. The number of halogens is 2. The Kier molecular flexibility index (Phi) is 4.92. The van der Waals surface area contributed by atoms with E-state index in [9.17, 15) is 9.90 Å². The monoisotopic (exact) mass is 396 g/mol. The van der Waals surface area contributed by atoms with Crippen LogP contribution in [0.3, 0.4) is 0 Å². The topological polar surface area (TPSA) is 61.7 Å². The first-order chi connectivity index (χ1) is 9.56. The maximum atomic E-state index is 11.8. The second kappa shape index (κ2) is 6.67. The quantitative estimate of drug-likeness (QED) is 0.612. The Morgan fingerprint density at radius 2 is 2.00 bits per heavy atom. The molecule has 2 N–H and O–H groups in total. The maximum Gasteiger partial charge on any atom is 0.271 e. The molecule has 0 aliphatic rings. The van der Waals surface area contributed by atoms with E-state index >= 15 is 0 Å². The lowest BCUT2D eigenvalue weighted by molar-refractivity contribution is 0.0955. The van der Waals surface area contributed by atoms with Crippen molar-refractivity contribution in [3.63, 3.8) is 0 Å². The van der Waals surface area contributed by atoms with Crippen molar-refractivity contribution in [2.45, 2.75) is 0 Å². The molecule has 2 aromatic rings. The van der Waals surface area contributed by atoms with Crippen molar-refractivity contribution >= 4 is 44.0 Å². The summed E-state index contributed by atoms with van der Waals surface area (Å²) in [4.78, 5) is 11.8. The number of amides is 1. The van der Waals surface area contributed by atoms with E-state index in [2.05, 4.69) is 42.4 Å². The van der Waals surface area contributed by atoms with E-state index < -0.39 is 0 Å². The molecule has 0 aromatic heterocycles. The Morgan fingerprint density at radius 3 is 2.70 bits per heavy atom. The number of carbonyl (C=O) groups excluding carboxylic acids is 1. The summed E-state index contributed by atoms with van der Waals surface area (Å²) in [5.74, 6) is -0.138. The number of nitrogens with zero attached hydrogens (tertiary/aromatic N) is 1. The van der Waals surface area contributed by atoms with Crippen molar-refractivity contribution < 1.29 is 9.90 Å². The summed E-state index contributed by atoms with van der Waals surface area (Å²) in [6.45, 7) is 0. The summed E-state index contributed by atoms with van der Waals surface area (Å²) in [7, 11) is 0. The first-order valence-electron chi connectivity index (χ1n) is 5.64. The van der Waals surface area contributed by atoms with Gasteiger partial charge in [-0.2, -0.15) is 5.10 Å². The molecule has 0 fully saturated rings. The van der Waals surface area contributed by atoms with Crippen LogP contribution in [0.25, 0.3) is 0 Å². The number of hydrogen-bond acceptors (Lipinski definition) is 3. The zero-order chi connectivity index (χ0) is 14.5. The van der Waals surface area contributed by atoms with Crippen LogP contribution in [0.5, 0.6) is 5.75 Å². The van der Waals surface area contributed by atoms with Gasteiger partial charge in [0.2, 0.25) is 0 Å². The molecular formula is C14H10Br2N2O2. The molecule has 0 aliphatic carbocycles. The lowest BCUT2D eigenvalue weighted by atomic mass is 10.2. The molecule has 1 amide bonds. The molecule has 0 saturated carbocycles. The number of carbonyl (C=O) groups is 1. The van der Waals surface area contributed by atoms with Gasteiger partial charge in [-0.15, -0.1) is 0 Å². The molecule has 0 unspecified atom stereocenters. The molecule has 0 radical (unpaired) electrons. The van der Waals surface area contributed by atoms with E-state index in [4.69, 9.17) is 0 Å². The molecule has 20 heavy (non-hydrogen) atoms. The fourth-order valence-corrected chi connectivity index (χ4v) is 2.26. The van der Waals surface area contributed by atoms with Crippen LogP contribution in [0.1, 0.15) is 15.9 Å². The zero-order valence-electron chi connectivity index (χ0n) is 10.2. The van der Waals surface area contributed by atoms with Crippen molar-refractivity contribution in [1.29, 1.82) is 0 Å². The van der Waals surface area contributed by atoms with Gasteiger partial charge in [0.25, 0.3) is 5.91 Å². The standard InChI is InChI=1S/C14H10Br2N2O2/c15-11-3-1-2-10(7-11)14(20)18-17-8-9-4-5-13(19)12(16)6-9/h1-8,19H,(H,18,20)/b17-8+. The van der Waals surface area contributed by atoms with Crippen LogP contribution in [0, 0.1) is 0 Å². The van der Waals surface area contributed by atoms with Gasteiger partial charge in [0.05, 0.1) is 10.7 Å². The van der Waals surface area contributed by atoms with Crippen molar-refractivity contribution in [2.24, 2.45) is 5.10 Å². The highest BCUT2D eigenvalue weighted by Gasteiger charge is 2.03. The Labute approximate surface area is 132 Å². The molecule has 0 spiro atoms. The maximum absolute atomic E-state index is 11.8. The number of rotatable bonds is 3. The summed E-state index contributed by atoms with van der Waals surface area (Å²) in [5.41, 5.74) is 3.71. The number of hydrazone groups is 1. The summed E-state index contributed by atoms with van der Waals surface area (Å²) >= 11 is 6.51. The van der Waals surface area contributed by atoms with E-state index in [0.29, 0.717) is 10.0 Å². The highest BCUT2D eigenvalue weighted by atomic mass is 79.9. The Hall–Kier alpha value is -1.66. The minimum absolute atomic E-state index is 0.153. The van der Waals surface area contributed by atoms with Crippen molar-refractivity contribution in [2.75, 3.05) is 0 Å². The van der Waals surface area contributed by atoms with Crippen LogP contribution in [-0.4, -0.2) is 17.2 Å². The average molecular weight is 398 g/mol. The number of nitrogens with one attached hydrogen (secondary N) is 1. The number of aromatic hydroxyl groups is 1. The smallest absolute Gasteiger partial charge is 0.271 e. The molecule has 4 nitrogen and oxygen atoms in total. The second-order valence-corrected chi connectivity index (χ2v) is 5.69. The van der Waals surface area contributed by atoms with Gasteiger partial charge >= 0.3 is 0 Å². The van der Waals surface area contributed by atoms with Gasteiger partial charge in [-0.1, -0.05) is 22.0 Å². The van der Waals surface area contributed by atoms with Crippen LogP contribution in [0.4, 0.5) is 0 Å². The van der Waals surface area contributed by atoms with Gasteiger partial charge < -0.3 is 5.11 Å². The van der Waals surface area contributed by atoms with Crippen molar-refractivity contribution in [3.05, 3.63) is 62.5 Å². The fraction of sp³-hybridized carbons (Fsp3) is 0. The predicted octanol–water partition coefficient (Wildman–Crippen LogP) is 3.68. The first kappa shape index (κ1) is 14.7.